The Morgan fingerprint density at radius 1 is 1.48 bits per heavy atom. The van der Waals surface area contributed by atoms with Gasteiger partial charge in [-0.1, -0.05) is 23.5 Å². The molecule has 0 radical (unpaired) electrons. The largest absolute Gasteiger partial charge is 0.493 e. The number of aryl methyl sites for hydroxylation is 1. The first-order valence-corrected chi connectivity index (χ1v) is 9.22. The van der Waals surface area contributed by atoms with Crippen molar-refractivity contribution in [1.82, 2.24) is 10.3 Å². The Morgan fingerprint density at radius 2 is 2.32 bits per heavy atom. The number of amides is 1. The number of anilines is 1. The van der Waals surface area contributed by atoms with Crippen molar-refractivity contribution >= 4 is 22.4 Å². The SMILES string of the molecule is CCNc1nc(C)c(C(=O)NC[C@@H]2COc3c(cccc3OC)C2)s1. The predicted molar refractivity (Wildman–Crippen MR) is 99.0 cm³/mol. The number of aromatic nitrogens is 1. The van der Waals surface area contributed by atoms with E-state index >= 15 is 0 Å². The van der Waals surface area contributed by atoms with E-state index in [-0.39, 0.29) is 11.8 Å². The summed E-state index contributed by atoms with van der Waals surface area (Å²) >= 11 is 1.39. The third-order valence-electron chi connectivity index (χ3n) is 4.13. The van der Waals surface area contributed by atoms with Crippen molar-refractivity contribution in [3.05, 3.63) is 34.3 Å². The van der Waals surface area contributed by atoms with Crippen LogP contribution in [0.1, 0.15) is 27.9 Å². The second-order valence-electron chi connectivity index (χ2n) is 6.00. The number of fused-ring (bicyclic) bond motifs is 1. The molecule has 1 aromatic heterocycles. The molecule has 1 amide bonds. The number of hydrogen-bond donors (Lipinski definition) is 2. The minimum absolute atomic E-state index is 0.0735. The highest BCUT2D eigenvalue weighted by Gasteiger charge is 2.24. The minimum Gasteiger partial charge on any atom is -0.493 e. The lowest BCUT2D eigenvalue weighted by Gasteiger charge is -2.26. The van der Waals surface area contributed by atoms with Crippen LogP contribution in [-0.4, -0.2) is 37.7 Å². The first kappa shape index (κ1) is 17.5. The number of thiazole rings is 1. The molecule has 1 atom stereocenters. The number of carbonyl (C=O) groups is 1. The molecule has 1 aliphatic heterocycles. The zero-order chi connectivity index (χ0) is 17.8. The highest BCUT2D eigenvalue weighted by atomic mass is 32.1. The molecule has 2 heterocycles. The van der Waals surface area contributed by atoms with Crippen molar-refractivity contribution in [2.24, 2.45) is 5.92 Å². The van der Waals surface area contributed by atoms with Gasteiger partial charge in [-0.2, -0.15) is 0 Å². The molecule has 1 aromatic carbocycles. The molecular formula is C18H23N3O3S. The summed E-state index contributed by atoms with van der Waals surface area (Å²) in [5.74, 6) is 1.75. The molecule has 0 spiro atoms. The summed E-state index contributed by atoms with van der Waals surface area (Å²) in [5, 5.41) is 6.95. The Labute approximate surface area is 151 Å². The molecular weight excluding hydrogens is 338 g/mol. The van der Waals surface area contributed by atoms with Gasteiger partial charge in [0.1, 0.15) is 4.88 Å². The lowest BCUT2D eigenvalue weighted by Crippen LogP contribution is -2.34. The lowest BCUT2D eigenvalue weighted by atomic mass is 9.96. The zero-order valence-electron chi connectivity index (χ0n) is 14.7. The number of hydrogen-bond acceptors (Lipinski definition) is 6. The van der Waals surface area contributed by atoms with Crippen LogP contribution in [-0.2, 0) is 6.42 Å². The topological polar surface area (TPSA) is 72.5 Å². The van der Waals surface area contributed by atoms with Gasteiger partial charge in [0, 0.05) is 19.0 Å². The van der Waals surface area contributed by atoms with E-state index in [0.717, 1.165) is 40.9 Å². The molecule has 0 fully saturated rings. The maximum absolute atomic E-state index is 12.4. The average Bonchev–Trinajstić information content (AvgIpc) is 2.99. The van der Waals surface area contributed by atoms with E-state index in [0.29, 0.717) is 18.0 Å². The quantitative estimate of drug-likeness (QED) is 0.828. The third kappa shape index (κ3) is 3.87. The van der Waals surface area contributed by atoms with Gasteiger partial charge in [-0.05, 0) is 31.9 Å². The van der Waals surface area contributed by atoms with Crippen LogP contribution in [0.15, 0.2) is 18.2 Å². The molecule has 0 saturated carbocycles. The molecule has 7 heteroatoms. The highest BCUT2D eigenvalue weighted by Crippen LogP contribution is 2.35. The average molecular weight is 361 g/mol. The van der Waals surface area contributed by atoms with Gasteiger partial charge in [0.25, 0.3) is 5.91 Å². The lowest BCUT2D eigenvalue weighted by molar-refractivity contribution is 0.0941. The first-order valence-electron chi connectivity index (χ1n) is 8.40. The Bertz CT molecular complexity index is 760. The van der Waals surface area contributed by atoms with Crippen LogP contribution >= 0.6 is 11.3 Å². The van der Waals surface area contributed by atoms with Gasteiger partial charge in [0.15, 0.2) is 16.6 Å². The fourth-order valence-corrected chi connectivity index (χ4v) is 3.85. The summed E-state index contributed by atoms with van der Waals surface area (Å²) < 4.78 is 11.2. The van der Waals surface area contributed by atoms with Crippen molar-refractivity contribution in [2.75, 3.05) is 32.1 Å². The summed E-state index contributed by atoms with van der Waals surface area (Å²) in [6.07, 6.45) is 0.858. The Balaban J connectivity index is 1.60. The molecule has 3 rings (SSSR count). The predicted octanol–water partition coefficient (Wildman–Crippen LogP) is 2.87. The van der Waals surface area contributed by atoms with Gasteiger partial charge in [-0.15, -0.1) is 0 Å². The second kappa shape index (κ2) is 7.74. The van der Waals surface area contributed by atoms with E-state index in [1.807, 2.05) is 32.0 Å². The third-order valence-corrected chi connectivity index (χ3v) is 5.25. The smallest absolute Gasteiger partial charge is 0.263 e. The van der Waals surface area contributed by atoms with E-state index in [4.69, 9.17) is 9.47 Å². The summed E-state index contributed by atoms with van der Waals surface area (Å²) in [6.45, 7) is 5.79. The minimum atomic E-state index is -0.0735. The van der Waals surface area contributed by atoms with Gasteiger partial charge < -0.3 is 20.1 Å². The summed E-state index contributed by atoms with van der Waals surface area (Å²) in [7, 11) is 1.64. The fraction of sp³-hybridized carbons (Fsp3) is 0.444. The molecule has 0 aliphatic carbocycles. The van der Waals surface area contributed by atoms with E-state index in [9.17, 15) is 4.79 Å². The van der Waals surface area contributed by atoms with Gasteiger partial charge in [-0.25, -0.2) is 4.98 Å². The summed E-state index contributed by atoms with van der Waals surface area (Å²) in [5.41, 5.74) is 1.88. The molecule has 6 nitrogen and oxygen atoms in total. The Kier molecular flexibility index (Phi) is 5.43. The van der Waals surface area contributed by atoms with E-state index in [2.05, 4.69) is 15.6 Å². The number of methoxy groups -OCH3 is 1. The number of para-hydroxylation sites is 1. The molecule has 0 unspecified atom stereocenters. The molecule has 2 N–H and O–H groups in total. The number of nitrogens with zero attached hydrogens (tertiary/aromatic N) is 1. The molecule has 0 saturated heterocycles. The van der Waals surface area contributed by atoms with Crippen molar-refractivity contribution in [3.63, 3.8) is 0 Å². The van der Waals surface area contributed by atoms with Crippen LogP contribution < -0.4 is 20.1 Å². The number of carbonyl (C=O) groups excluding carboxylic acids is 1. The monoisotopic (exact) mass is 361 g/mol. The molecule has 0 bridgehead atoms. The second-order valence-corrected chi connectivity index (χ2v) is 7.00. The summed E-state index contributed by atoms with van der Waals surface area (Å²) in [6, 6.07) is 5.90. The Hall–Kier alpha value is -2.28. The first-order chi connectivity index (χ1) is 12.1. The number of nitrogens with one attached hydrogen (secondary N) is 2. The van der Waals surface area contributed by atoms with Crippen LogP contribution in [0.3, 0.4) is 0 Å². The van der Waals surface area contributed by atoms with Gasteiger partial charge in [0.2, 0.25) is 0 Å². The van der Waals surface area contributed by atoms with Crippen LogP contribution in [0.5, 0.6) is 11.5 Å². The van der Waals surface area contributed by atoms with E-state index in [1.54, 1.807) is 7.11 Å². The zero-order valence-corrected chi connectivity index (χ0v) is 15.5. The standard InChI is InChI=1S/C18H23N3O3S/c1-4-19-18-21-11(2)16(25-18)17(22)20-9-12-8-13-6-5-7-14(23-3)15(13)24-10-12/h5-7,12H,4,8-10H2,1-3H3,(H,19,21)(H,20,22)/t12-/m1/s1. The van der Waals surface area contributed by atoms with Crippen molar-refractivity contribution in [3.8, 4) is 11.5 Å². The number of rotatable bonds is 6. The van der Waals surface area contributed by atoms with Crippen molar-refractivity contribution < 1.29 is 14.3 Å². The van der Waals surface area contributed by atoms with Crippen molar-refractivity contribution in [1.29, 1.82) is 0 Å². The van der Waals surface area contributed by atoms with E-state index in [1.165, 1.54) is 11.3 Å². The maximum atomic E-state index is 12.4. The molecule has 25 heavy (non-hydrogen) atoms. The summed E-state index contributed by atoms with van der Waals surface area (Å²) in [4.78, 5) is 17.5. The van der Waals surface area contributed by atoms with Crippen LogP contribution in [0.4, 0.5) is 5.13 Å². The van der Waals surface area contributed by atoms with Gasteiger partial charge >= 0.3 is 0 Å². The van der Waals surface area contributed by atoms with Crippen LogP contribution in [0.2, 0.25) is 0 Å². The van der Waals surface area contributed by atoms with Gasteiger partial charge in [-0.3, -0.25) is 4.79 Å². The number of benzene rings is 1. The van der Waals surface area contributed by atoms with E-state index < -0.39 is 0 Å². The number of ether oxygens (including phenoxy) is 2. The van der Waals surface area contributed by atoms with Crippen molar-refractivity contribution in [2.45, 2.75) is 20.3 Å². The Morgan fingerprint density at radius 3 is 3.08 bits per heavy atom. The normalized spacial score (nSPS) is 15.9. The highest BCUT2D eigenvalue weighted by molar-refractivity contribution is 7.17. The molecule has 134 valence electrons. The molecule has 1 aliphatic rings. The van der Waals surface area contributed by atoms with Gasteiger partial charge in [0.05, 0.1) is 19.4 Å². The van der Waals surface area contributed by atoms with Crippen LogP contribution in [0.25, 0.3) is 0 Å². The maximum Gasteiger partial charge on any atom is 0.263 e. The fourth-order valence-electron chi connectivity index (χ4n) is 2.90. The van der Waals surface area contributed by atoms with Crippen LogP contribution in [0, 0.1) is 12.8 Å². The molecule has 2 aromatic rings.